The fraction of sp³-hybridized carbons (Fsp3) is 0.273. The summed E-state index contributed by atoms with van der Waals surface area (Å²) in [4.78, 5) is 32.0. The minimum atomic E-state index is -1.18. The van der Waals surface area contributed by atoms with Crippen molar-refractivity contribution in [2.45, 2.75) is 19.9 Å². The van der Waals surface area contributed by atoms with Crippen molar-refractivity contribution >= 4 is 17.6 Å². The van der Waals surface area contributed by atoms with Crippen LogP contribution in [0.15, 0.2) is 18.2 Å². The number of nitrogens with one attached hydrogen (secondary N) is 1. The molecule has 1 amide bonds. The summed E-state index contributed by atoms with van der Waals surface area (Å²) in [5, 5.41) is 22.0. The molecular weight excluding hydrogens is 240 g/mol. The van der Waals surface area contributed by atoms with Crippen LogP contribution in [0.1, 0.15) is 35.8 Å². The average Bonchev–Trinajstić information content (AvgIpc) is 2.27. The van der Waals surface area contributed by atoms with Gasteiger partial charge in [-0.05, 0) is 18.2 Å². The number of carboxylic acids is 1. The molecule has 18 heavy (non-hydrogen) atoms. The van der Waals surface area contributed by atoms with Crippen LogP contribution in [0.2, 0.25) is 0 Å². The van der Waals surface area contributed by atoms with Crippen molar-refractivity contribution in [2.24, 2.45) is 0 Å². The van der Waals surface area contributed by atoms with Crippen LogP contribution in [0.3, 0.4) is 0 Å². The maximum absolute atomic E-state index is 11.0. The Morgan fingerprint density at radius 1 is 1.44 bits per heavy atom. The maximum atomic E-state index is 11.0. The van der Waals surface area contributed by atoms with Gasteiger partial charge in [-0.15, -0.1) is 0 Å². The molecule has 1 unspecified atom stereocenters. The van der Waals surface area contributed by atoms with E-state index >= 15 is 0 Å². The second-order valence-corrected chi connectivity index (χ2v) is 3.75. The summed E-state index contributed by atoms with van der Waals surface area (Å²) >= 11 is 0. The highest BCUT2D eigenvalue weighted by molar-refractivity contribution is 5.92. The van der Waals surface area contributed by atoms with Crippen molar-refractivity contribution in [3.63, 3.8) is 0 Å². The Labute approximate surface area is 103 Å². The van der Waals surface area contributed by atoms with Crippen molar-refractivity contribution < 1.29 is 19.6 Å². The topological polar surface area (TPSA) is 110 Å². The smallest absolute Gasteiger partial charge is 0.335 e. The lowest BCUT2D eigenvalue weighted by atomic mass is 10.0. The Morgan fingerprint density at radius 2 is 2.06 bits per heavy atom. The van der Waals surface area contributed by atoms with E-state index in [0.29, 0.717) is 0 Å². The molecule has 0 aliphatic rings. The second-order valence-electron chi connectivity index (χ2n) is 3.75. The molecule has 0 heterocycles. The van der Waals surface area contributed by atoms with Gasteiger partial charge in [-0.25, -0.2) is 4.79 Å². The summed E-state index contributed by atoms with van der Waals surface area (Å²) in [5.41, 5.74) is 0.347. The molecule has 0 aromatic heterocycles. The van der Waals surface area contributed by atoms with E-state index < -0.39 is 16.9 Å². The number of rotatable bonds is 4. The van der Waals surface area contributed by atoms with Gasteiger partial charge in [-0.1, -0.05) is 0 Å². The number of carboxylic acid groups (broad SMARTS) is 1. The summed E-state index contributed by atoms with van der Waals surface area (Å²) in [5.74, 6) is -1.56. The van der Waals surface area contributed by atoms with Crippen LogP contribution in [0, 0.1) is 10.1 Å². The van der Waals surface area contributed by atoms with E-state index in [1.54, 1.807) is 0 Å². The van der Waals surface area contributed by atoms with Crippen molar-refractivity contribution in [3.8, 4) is 0 Å². The highest BCUT2D eigenvalue weighted by Crippen LogP contribution is 2.26. The summed E-state index contributed by atoms with van der Waals surface area (Å²) in [6.07, 6.45) is 0. The van der Waals surface area contributed by atoms with E-state index in [1.165, 1.54) is 32.0 Å². The second kappa shape index (κ2) is 5.26. The van der Waals surface area contributed by atoms with Crippen LogP contribution in [0.4, 0.5) is 5.69 Å². The number of amides is 1. The van der Waals surface area contributed by atoms with Gasteiger partial charge in [0.1, 0.15) is 0 Å². The van der Waals surface area contributed by atoms with Gasteiger partial charge in [0.25, 0.3) is 0 Å². The number of anilines is 1. The van der Waals surface area contributed by atoms with E-state index in [9.17, 15) is 19.7 Å². The van der Waals surface area contributed by atoms with E-state index in [1.807, 2.05) is 0 Å². The molecule has 0 saturated heterocycles. The summed E-state index contributed by atoms with van der Waals surface area (Å²) in [6.45, 7) is 2.60. The zero-order valence-corrected chi connectivity index (χ0v) is 9.84. The first-order valence-corrected chi connectivity index (χ1v) is 5.11. The molecule has 0 bridgehead atoms. The fourth-order valence-electron chi connectivity index (χ4n) is 1.46. The van der Waals surface area contributed by atoms with Gasteiger partial charge in [-0.3, -0.25) is 14.9 Å². The van der Waals surface area contributed by atoms with E-state index in [2.05, 4.69) is 5.32 Å². The maximum Gasteiger partial charge on any atom is 0.335 e. The van der Waals surface area contributed by atoms with Crippen LogP contribution >= 0.6 is 0 Å². The Morgan fingerprint density at radius 3 is 2.50 bits per heavy atom. The third-order valence-electron chi connectivity index (χ3n) is 2.38. The quantitative estimate of drug-likeness (QED) is 0.625. The number of hydrogen-bond donors (Lipinski definition) is 2. The van der Waals surface area contributed by atoms with Crippen LogP contribution in [-0.2, 0) is 4.79 Å². The van der Waals surface area contributed by atoms with Crippen LogP contribution < -0.4 is 5.32 Å². The minimum absolute atomic E-state index is 0.0622. The predicted molar refractivity (Wildman–Crippen MR) is 63.1 cm³/mol. The van der Waals surface area contributed by atoms with Gasteiger partial charge in [0, 0.05) is 24.3 Å². The number of nitro groups is 1. The molecule has 0 saturated carbocycles. The number of nitrogens with zero attached hydrogens (tertiary/aromatic N) is 1. The lowest BCUT2D eigenvalue weighted by molar-refractivity contribution is -0.524. The fourth-order valence-corrected chi connectivity index (χ4v) is 1.46. The Balaban J connectivity index is 3.30. The van der Waals surface area contributed by atoms with Gasteiger partial charge in [0.15, 0.2) is 0 Å². The highest BCUT2D eigenvalue weighted by atomic mass is 16.6. The van der Waals surface area contributed by atoms with Gasteiger partial charge in [0.2, 0.25) is 11.9 Å². The Kier molecular flexibility index (Phi) is 3.98. The first kappa shape index (κ1) is 13.6. The molecule has 1 aromatic carbocycles. The SMILES string of the molecule is CC(=O)Nc1ccc(C(=O)O)cc1C(C)[N+](=O)[O-]. The van der Waals surface area contributed by atoms with E-state index in [-0.39, 0.29) is 22.7 Å². The monoisotopic (exact) mass is 252 g/mol. The van der Waals surface area contributed by atoms with Crippen LogP contribution in [0.25, 0.3) is 0 Å². The van der Waals surface area contributed by atoms with Gasteiger partial charge >= 0.3 is 5.97 Å². The van der Waals surface area contributed by atoms with E-state index in [0.717, 1.165) is 0 Å². The van der Waals surface area contributed by atoms with Gasteiger partial charge in [0.05, 0.1) is 11.3 Å². The zero-order chi connectivity index (χ0) is 13.9. The van der Waals surface area contributed by atoms with Crippen molar-refractivity contribution in [1.82, 2.24) is 0 Å². The third kappa shape index (κ3) is 3.03. The first-order chi connectivity index (χ1) is 8.32. The summed E-state index contributed by atoms with van der Waals surface area (Å²) < 4.78 is 0. The van der Waals surface area contributed by atoms with Gasteiger partial charge in [-0.2, -0.15) is 0 Å². The lowest BCUT2D eigenvalue weighted by Crippen LogP contribution is -2.14. The third-order valence-corrected chi connectivity index (χ3v) is 2.38. The van der Waals surface area contributed by atoms with Crippen LogP contribution in [0.5, 0.6) is 0 Å². The van der Waals surface area contributed by atoms with Crippen molar-refractivity contribution in [3.05, 3.63) is 39.4 Å². The molecule has 0 aliphatic carbocycles. The number of benzene rings is 1. The van der Waals surface area contributed by atoms with Gasteiger partial charge < -0.3 is 10.4 Å². The number of carbonyl (C=O) groups excluding carboxylic acids is 1. The molecule has 0 radical (unpaired) electrons. The molecule has 7 heteroatoms. The number of carbonyl (C=O) groups is 2. The summed E-state index contributed by atoms with van der Waals surface area (Å²) in [7, 11) is 0. The van der Waals surface area contributed by atoms with Crippen molar-refractivity contribution in [2.75, 3.05) is 5.32 Å². The number of aromatic carboxylic acids is 1. The molecule has 0 fully saturated rings. The lowest BCUT2D eigenvalue weighted by Gasteiger charge is -2.12. The average molecular weight is 252 g/mol. The Bertz CT molecular complexity index is 512. The normalized spacial score (nSPS) is 11.7. The summed E-state index contributed by atoms with van der Waals surface area (Å²) in [6, 6.07) is 2.72. The largest absolute Gasteiger partial charge is 0.478 e. The van der Waals surface area contributed by atoms with E-state index in [4.69, 9.17) is 5.11 Å². The predicted octanol–water partition coefficient (Wildman–Crippen LogP) is 1.68. The van der Waals surface area contributed by atoms with Crippen molar-refractivity contribution in [1.29, 1.82) is 0 Å². The molecule has 7 nitrogen and oxygen atoms in total. The van der Waals surface area contributed by atoms with Crippen LogP contribution in [-0.4, -0.2) is 21.9 Å². The minimum Gasteiger partial charge on any atom is -0.478 e. The molecule has 0 spiro atoms. The number of hydrogen-bond acceptors (Lipinski definition) is 4. The molecule has 1 rings (SSSR count). The molecule has 1 atom stereocenters. The molecule has 2 N–H and O–H groups in total. The zero-order valence-electron chi connectivity index (χ0n) is 9.84. The highest BCUT2D eigenvalue weighted by Gasteiger charge is 2.22. The standard InChI is InChI=1S/C11H12N2O5/c1-6(13(17)18)9-5-8(11(15)16)3-4-10(9)12-7(2)14/h3-6H,1-2H3,(H,12,14)(H,15,16). The molecular formula is C11H12N2O5. The first-order valence-electron chi connectivity index (χ1n) is 5.11. The Hall–Kier alpha value is -2.44. The molecule has 1 aromatic rings. The molecule has 0 aliphatic heterocycles. The molecule has 96 valence electrons.